The molecule has 0 aliphatic carbocycles. The van der Waals surface area contributed by atoms with E-state index in [2.05, 4.69) is 31.4 Å². The van der Waals surface area contributed by atoms with E-state index in [1.54, 1.807) is 25.5 Å². The summed E-state index contributed by atoms with van der Waals surface area (Å²) in [5, 5.41) is 8.10. The number of carbonyl (C=O) groups excluding carboxylic acids is 2. The van der Waals surface area contributed by atoms with E-state index in [9.17, 15) is 9.59 Å². The second-order valence-electron chi connectivity index (χ2n) is 7.05. The third-order valence-electron chi connectivity index (χ3n) is 4.00. The summed E-state index contributed by atoms with van der Waals surface area (Å²) in [6.07, 6.45) is 0. The lowest BCUT2D eigenvalue weighted by atomic mass is 9.86. The third-order valence-corrected chi connectivity index (χ3v) is 4.83. The van der Waals surface area contributed by atoms with E-state index in [4.69, 9.17) is 10.5 Å². The van der Waals surface area contributed by atoms with Crippen LogP contribution in [0.2, 0.25) is 0 Å². The molecule has 0 spiro atoms. The smallest absolute Gasteiger partial charge is 0.251 e. The number of anilines is 2. The van der Waals surface area contributed by atoms with Gasteiger partial charge < -0.3 is 21.1 Å². The fourth-order valence-electron chi connectivity index (χ4n) is 2.41. The first-order valence-electron chi connectivity index (χ1n) is 8.26. The summed E-state index contributed by atoms with van der Waals surface area (Å²) in [6.45, 7) is 8.11. The molecule has 1 atom stereocenters. The molecule has 0 bridgehead atoms. The van der Waals surface area contributed by atoms with Crippen LogP contribution in [0.4, 0.5) is 10.7 Å². The minimum Gasteiger partial charge on any atom is -0.495 e. The van der Waals surface area contributed by atoms with Crippen molar-refractivity contribution in [2.75, 3.05) is 17.7 Å². The number of nitrogens with one attached hydrogen (secondary N) is 2. The third kappa shape index (κ3) is 4.54. The first-order valence-corrected chi connectivity index (χ1v) is 9.14. The molecule has 26 heavy (non-hydrogen) atoms. The number of carbonyl (C=O) groups is 2. The molecule has 6 nitrogen and oxygen atoms in total. The van der Waals surface area contributed by atoms with Crippen LogP contribution < -0.4 is 21.1 Å². The van der Waals surface area contributed by atoms with Gasteiger partial charge in [0.25, 0.3) is 5.91 Å². The van der Waals surface area contributed by atoms with Crippen molar-refractivity contribution in [3.63, 3.8) is 0 Å². The Labute approximate surface area is 157 Å². The van der Waals surface area contributed by atoms with E-state index >= 15 is 0 Å². The van der Waals surface area contributed by atoms with Gasteiger partial charge in [0.2, 0.25) is 5.91 Å². The van der Waals surface area contributed by atoms with Gasteiger partial charge in [0.1, 0.15) is 16.8 Å². The summed E-state index contributed by atoms with van der Waals surface area (Å²) >= 11 is 1.26. The van der Waals surface area contributed by atoms with E-state index in [0.29, 0.717) is 16.3 Å². The number of methoxy groups -OCH3 is 1. The molecule has 1 aromatic heterocycles. The zero-order valence-corrected chi connectivity index (χ0v) is 16.5. The summed E-state index contributed by atoms with van der Waals surface area (Å²) in [4.78, 5) is 23.9. The van der Waals surface area contributed by atoms with Crippen LogP contribution in [0.3, 0.4) is 0 Å². The first kappa shape index (κ1) is 19.8. The Hall–Kier alpha value is -2.54. The molecular formula is C19H25N3O3S. The number of rotatable bonds is 6. The molecule has 1 aromatic carbocycles. The number of ether oxygens (including phenoxy) is 1. The van der Waals surface area contributed by atoms with Gasteiger partial charge >= 0.3 is 0 Å². The quantitative estimate of drug-likeness (QED) is 0.719. The topological polar surface area (TPSA) is 93.4 Å². The van der Waals surface area contributed by atoms with Crippen molar-refractivity contribution in [1.29, 1.82) is 0 Å². The zero-order chi connectivity index (χ0) is 19.5. The van der Waals surface area contributed by atoms with Crippen molar-refractivity contribution in [2.45, 2.75) is 39.2 Å². The maximum absolute atomic E-state index is 12.5. The van der Waals surface area contributed by atoms with Gasteiger partial charge in [0, 0.05) is 0 Å². The lowest BCUT2D eigenvalue weighted by Gasteiger charge is -2.23. The molecule has 1 heterocycles. The van der Waals surface area contributed by atoms with Crippen LogP contribution >= 0.6 is 11.3 Å². The Balaban J connectivity index is 2.18. The van der Waals surface area contributed by atoms with E-state index in [1.165, 1.54) is 11.3 Å². The van der Waals surface area contributed by atoms with Crippen LogP contribution in [-0.2, 0) is 10.2 Å². The van der Waals surface area contributed by atoms with E-state index < -0.39 is 11.9 Å². The normalized spacial score (nSPS) is 12.3. The van der Waals surface area contributed by atoms with Crippen LogP contribution in [0.1, 0.15) is 43.6 Å². The second-order valence-corrected chi connectivity index (χ2v) is 7.96. The van der Waals surface area contributed by atoms with Crippen LogP contribution in [0.25, 0.3) is 0 Å². The maximum Gasteiger partial charge on any atom is 0.251 e. The summed E-state index contributed by atoms with van der Waals surface area (Å²) < 4.78 is 5.40. The average Bonchev–Trinajstić information content (AvgIpc) is 3.02. The highest BCUT2D eigenvalue weighted by atomic mass is 32.1. The Bertz CT molecular complexity index is 809. The monoisotopic (exact) mass is 375 g/mol. The summed E-state index contributed by atoms with van der Waals surface area (Å²) in [5.41, 5.74) is 7.46. The molecule has 0 aliphatic rings. The average molecular weight is 375 g/mol. The van der Waals surface area contributed by atoms with Crippen molar-refractivity contribution >= 4 is 33.8 Å². The summed E-state index contributed by atoms with van der Waals surface area (Å²) in [7, 11) is 1.59. The van der Waals surface area contributed by atoms with Crippen molar-refractivity contribution in [1.82, 2.24) is 0 Å². The van der Waals surface area contributed by atoms with Crippen molar-refractivity contribution in [3.8, 4) is 5.75 Å². The van der Waals surface area contributed by atoms with Crippen molar-refractivity contribution in [3.05, 3.63) is 40.8 Å². The molecule has 140 valence electrons. The molecule has 1 unspecified atom stereocenters. The van der Waals surface area contributed by atoms with Gasteiger partial charge in [-0.15, -0.1) is 11.3 Å². The van der Waals surface area contributed by atoms with Crippen LogP contribution in [-0.4, -0.2) is 25.0 Å². The fourth-order valence-corrected chi connectivity index (χ4v) is 3.20. The highest BCUT2D eigenvalue weighted by Crippen LogP contribution is 2.32. The van der Waals surface area contributed by atoms with Gasteiger partial charge in [-0.1, -0.05) is 26.8 Å². The second kappa shape index (κ2) is 7.78. The Morgan fingerprint density at radius 3 is 2.50 bits per heavy atom. The molecule has 0 saturated carbocycles. The molecular weight excluding hydrogens is 350 g/mol. The van der Waals surface area contributed by atoms with Crippen LogP contribution in [0.5, 0.6) is 5.75 Å². The molecule has 0 radical (unpaired) electrons. The standard InChI is InChI=1S/C19H25N3O3S/c1-11(17(24)22-18-13(16(20)23)8-9-26-18)21-14-10-12(19(2,3)4)6-7-15(14)25-5/h6-11,21H,1-5H3,(H2,20,23)(H,22,24). The van der Waals surface area contributed by atoms with Gasteiger partial charge in [-0.25, -0.2) is 0 Å². The lowest BCUT2D eigenvalue weighted by Crippen LogP contribution is -2.32. The van der Waals surface area contributed by atoms with E-state index in [-0.39, 0.29) is 11.3 Å². The number of benzene rings is 1. The lowest BCUT2D eigenvalue weighted by molar-refractivity contribution is -0.116. The minimum atomic E-state index is -0.568. The summed E-state index contributed by atoms with van der Waals surface area (Å²) in [6, 6.07) is 6.94. The van der Waals surface area contributed by atoms with Crippen molar-refractivity contribution < 1.29 is 14.3 Å². The minimum absolute atomic E-state index is 0.0262. The molecule has 7 heteroatoms. The Morgan fingerprint density at radius 1 is 1.23 bits per heavy atom. The molecule has 2 rings (SSSR count). The number of hydrogen-bond donors (Lipinski definition) is 3. The molecule has 0 aliphatic heterocycles. The fraction of sp³-hybridized carbons (Fsp3) is 0.368. The Morgan fingerprint density at radius 2 is 1.92 bits per heavy atom. The SMILES string of the molecule is COc1ccc(C(C)(C)C)cc1NC(C)C(=O)Nc1sccc1C(N)=O. The number of thiophene rings is 1. The van der Waals surface area contributed by atoms with Crippen LogP contribution in [0.15, 0.2) is 29.6 Å². The van der Waals surface area contributed by atoms with E-state index in [0.717, 1.165) is 11.3 Å². The number of primary amides is 1. The van der Waals surface area contributed by atoms with Crippen molar-refractivity contribution in [2.24, 2.45) is 5.73 Å². The predicted molar refractivity (Wildman–Crippen MR) is 106 cm³/mol. The van der Waals surface area contributed by atoms with Gasteiger partial charge in [-0.05, 0) is 41.5 Å². The van der Waals surface area contributed by atoms with E-state index in [1.807, 2.05) is 18.2 Å². The highest BCUT2D eigenvalue weighted by molar-refractivity contribution is 7.14. The Kier molecular flexibility index (Phi) is 5.92. The number of amides is 2. The zero-order valence-electron chi connectivity index (χ0n) is 15.7. The number of nitrogens with two attached hydrogens (primary N) is 1. The molecule has 4 N–H and O–H groups in total. The van der Waals surface area contributed by atoms with Gasteiger partial charge in [-0.3, -0.25) is 9.59 Å². The summed E-state index contributed by atoms with van der Waals surface area (Å²) in [5.74, 6) is -0.175. The maximum atomic E-state index is 12.5. The van der Waals surface area contributed by atoms with Crippen LogP contribution in [0, 0.1) is 0 Å². The van der Waals surface area contributed by atoms with Gasteiger partial charge in [-0.2, -0.15) is 0 Å². The van der Waals surface area contributed by atoms with Gasteiger partial charge in [0.15, 0.2) is 0 Å². The predicted octanol–water partition coefficient (Wildman–Crippen LogP) is 3.59. The molecule has 0 fully saturated rings. The molecule has 0 saturated heterocycles. The molecule has 2 amide bonds. The molecule has 2 aromatic rings. The van der Waals surface area contributed by atoms with Gasteiger partial charge in [0.05, 0.1) is 18.4 Å². The first-order chi connectivity index (χ1) is 12.1. The number of hydrogen-bond acceptors (Lipinski definition) is 5. The largest absolute Gasteiger partial charge is 0.495 e. The highest BCUT2D eigenvalue weighted by Gasteiger charge is 2.20.